The highest BCUT2D eigenvalue weighted by Crippen LogP contribution is 2.42. The fourth-order valence-corrected chi connectivity index (χ4v) is 10.1. The maximum Gasteiger partial charge on any atom is 0.267 e. The molecule has 306 valence electrons. The number of aryl methyl sites for hydroxylation is 1. The number of rotatable bonds is 9. The van der Waals surface area contributed by atoms with Crippen molar-refractivity contribution in [1.29, 1.82) is 5.26 Å². The third-order valence-electron chi connectivity index (χ3n) is 11.0. The van der Waals surface area contributed by atoms with Crippen LogP contribution in [0.5, 0.6) is 0 Å². The molecule has 1 aromatic carbocycles. The van der Waals surface area contributed by atoms with Gasteiger partial charge in [-0.15, -0.1) is 11.3 Å². The van der Waals surface area contributed by atoms with E-state index in [1.807, 2.05) is 11.9 Å². The summed E-state index contributed by atoms with van der Waals surface area (Å²) in [5.74, 6) is 3.09. The van der Waals surface area contributed by atoms with E-state index in [1.54, 1.807) is 54.8 Å². The number of benzene rings is 1. The highest BCUT2D eigenvalue weighted by molar-refractivity contribution is 7.89. The van der Waals surface area contributed by atoms with Gasteiger partial charge in [0.15, 0.2) is 0 Å². The Morgan fingerprint density at radius 2 is 1.88 bits per heavy atom. The van der Waals surface area contributed by atoms with Gasteiger partial charge >= 0.3 is 0 Å². The molecule has 0 unspecified atom stereocenters. The Balaban J connectivity index is 1.05. The molecule has 6 heterocycles. The summed E-state index contributed by atoms with van der Waals surface area (Å²) in [4.78, 5) is 49.0. The predicted molar refractivity (Wildman–Crippen MR) is 225 cm³/mol. The smallest absolute Gasteiger partial charge is 0.267 e. The number of hydrogen-bond acceptors (Lipinski definition) is 12. The van der Waals surface area contributed by atoms with Crippen LogP contribution >= 0.6 is 22.9 Å². The first-order valence-corrected chi connectivity index (χ1v) is 21.9. The molecular formula is C42H36ClF2N9O4S2. The molecule has 0 bridgehead atoms. The van der Waals surface area contributed by atoms with E-state index in [4.69, 9.17) is 11.6 Å². The lowest BCUT2D eigenvalue weighted by Crippen LogP contribution is -2.55. The van der Waals surface area contributed by atoms with Gasteiger partial charge in [-0.25, -0.2) is 31.9 Å². The number of carbonyl (C=O) groups excluding carboxylic acids is 1. The first-order valence-electron chi connectivity index (χ1n) is 19.0. The summed E-state index contributed by atoms with van der Waals surface area (Å²) in [6.45, 7) is 2.93. The SMILES string of the molecule is Cc1nc2cnc(N(C)C3CCN(C4CC(F)(F)C4)CC3)c(C#N)c2c(=O)n1CC#Cc1ccc(Cl)cc1-c1ccnc2c(C(=O)NS(=O)(=O)Cc3ccccn3)csc12. The van der Waals surface area contributed by atoms with E-state index in [0.29, 0.717) is 69.5 Å². The molecule has 18 heteroatoms. The zero-order chi connectivity index (χ0) is 42.3. The van der Waals surface area contributed by atoms with Gasteiger partial charge in [-0.2, -0.15) is 5.26 Å². The molecule has 1 saturated carbocycles. The topological polar surface area (TPSA) is 167 Å². The molecule has 1 N–H and O–H groups in total. The van der Waals surface area contributed by atoms with Crippen LogP contribution in [0.2, 0.25) is 5.02 Å². The van der Waals surface area contributed by atoms with E-state index in [-0.39, 0.29) is 59.2 Å². The van der Waals surface area contributed by atoms with Gasteiger partial charge in [0.1, 0.15) is 29.0 Å². The third-order valence-corrected chi connectivity index (χ3v) is 13.4. The predicted octanol–water partition coefficient (Wildman–Crippen LogP) is 6.31. The number of nitrogens with zero attached hydrogens (tertiary/aromatic N) is 8. The maximum atomic E-state index is 14.1. The Hall–Kier alpha value is -5.85. The van der Waals surface area contributed by atoms with Crippen molar-refractivity contribution >= 4 is 65.8 Å². The molecule has 1 amide bonds. The molecule has 60 heavy (non-hydrogen) atoms. The van der Waals surface area contributed by atoms with Gasteiger partial charge in [0.05, 0.1) is 45.1 Å². The normalized spacial score (nSPS) is 15.9. The number of amides is 1. The molecule has 0 radical (unpaired) electrons. The van der Waals surface area contributed by atoms with E-state index in [2.05, 4.69) is 47.5 Å². The van der Waals surface area contributed by atoms with Crippen LogP contribution in [-0.4, -0.2) is 81.9 Å². The summed E-state index contributed by atoms with van der Waals surface area (Å²) < 4.78 is 56.8. The number of fused-ring (bicyclic) bond motifs is 2. The molecule has 8 rings (SSSR count). The van der Waals surface area contributed by atoms with E-state index in [1.165, 1.54) is 34.5 Å². The molecule has 1 aliphatic carbocycles. The van der Waals surface area contributed by atoms with Crippen LogP contribution < -0.4 is 15.2 Å². The molecule has 5 aromatic heterocycles. The molecule has 1 saturated heterocycles. The summed E-state index contributed by atoms with van der Waals surface area (Å²) >= 11 is 7.69. The average Bonchev–Trinajstić information content (AvgIpc) is 3.66. The Morgan fingerprint density at radius 3 is 2.60 bits per heavy atom. The standard InChI is InChI=1S/C42H36ClF2N9O4S2/c1-25-50-35-22-49-39(52(2)29-11-16-53(17-12-29)30-19-42(44,45)20-30)33(21-46)36(35)41(56)54(25)15-5-6-26-8-9-27(43)18-32(26)31-10-14-48-37-34(23-59-38(31)37)40(55)51-60(57,58)24-28-7-3-4-13-47-28/h3-4,7-10,13-14,18,22-23,29-30H,11-12,15-17,19-20,24H2,1-2H3,(H,51,55). The van der Waals surface area contributed by atoms with Crippen molar-refractivity contribution < 1.29 is 22.0 Å². The highest BCUT2D eigenvalue weighted by atomic mass is 35.5. The first kappa shape index (κ1) is 40.9. The maximum absolute atomic E-state index is 14.1. The number of thiophene rings is 1. The lowest BCUT2D eigenvalue weighted by molar-refractivity contribution is -0.127. The van der Waals surface area contributed by atoms with Crippen molar-refractivity contribution in [3.63, 3.8) is 0 Å². The second-order valence-corrected chi connectivity index (χ2v) is 17.9. The molecule has 13 nitrogen and oxygen atoms in total. The van der Waals surface area contributed by atoms with Crippen LogP contribution in [0.1, 0.15) is 58.7 Å². The third kappa shape index (κ3) is 8.18. The molecule has 2 aliphatic rings. The largest absolute Gasteiger partial charge is 0.355 e. The van der Waals surface area contributed by atoms with Gasteiger partial charge in [-0.1, -0.05) is 29.5 Å². The lowest BCUT2D eigenvalue weighted by atomic mass is 9.85. The van der Waals surface area contributed by atoms with Crippen molar-refractivity contribution in [3.8, 4) is 29.0 Å². The number of piperidine rings is 1. The second-order valence-electron chi connectivity index (χ2n) is 14.9. The number of sulfonamides is 1. The summed E-state index contributed by atoms with van der Waals surface area (Å²) in [6, 6.07) is 13.9. The quantitative estimate of drug-likeness (QED) is 0.162. The van der Waals surface area contributed by atoms with Gasteiger partial charge in [0.25, 0.3) is 17.4 Å². The minimum atomic E-state index is -4.07. The van der Waals surface area contributed by atoms with Crippen LogP contribution in [0.3, 0.4) is 0 Å². The van der Waals surface area contributed by atoms with Gasteiger partial charge < -0.3 is 4.90 Å². The number of hydrogen-bond donors (Lipinski definition) is 1. The Bertz CT molecular complexity index is 2950. The number of aromatic nitrogens is 5. The summed E-state index contributed by atoms with van der Waals surface area (Å²) in [7, 11) is -2.23. The fraction of sp³-hybridized carbons (Fsp3) is 0.310. The summed E-state index contributed by atoms with van der Waals surface area (Å²) in [5.41, 5.74) is 2.46. The average molecular weight is 868 g/mol. The van der Waals surface area contributed by atoms with Crippen molar-refractivity contribution in [2.24, 2.45) is 0 Å². The number of alkyl halides is 2. The molecule has 0 atom stereocenters. The van der Waals surface area contributed by atoms with Crippen LogP contribution in [0.15, 0.2) is 71.2 Å². The van der Waals surface area contributed by atoms with Crippen molar-refractivity contribution in [3.05, 3.63) is 110 Å². The Labute approximate surface area is 352 Å². The van der Waals surface area contributed by atoms with E-state index in [0.717, 1.165) is 0 Å². The zero-order valence-corrected chi connectivity index (χ0v) is 34.7. The van der Waals surface area contributed by atoms with E-state index < -0.39 is 33.2 Å². The fourth-order valence-electron chi connectivity index (χ4n) is 7.85. The van der Waals surface area contributed by atoms with Crippen molar-refractivity contribution in [2.75, 3.05) is 25.0 Å². The minimum Gasteiger partial charge on any atom is -0.355 e. The Kier molecular flexibility index (Phi) is 11.1. The van der Waals surface area contributed by atoms with Crippen molar-refractivity contribution in [1.82, 2.24) is 34.1 Å². The number of halogens is 3. The number of pyridine rings is 3. The van der Waals surface area contributed by atoms with E-state index in [9.17, 15) is 32.0 Å². The van der Waals surface area contributed by atoms with E-state index >= 15 is 0 Å². The van der Waals surface area contributed by atoms with Crippen molar-refractivity contribution in [2.45, 2.75) is 62.9 Å². The van der Waals surface area contributed by atoms with Crippen LogP contribution in [0.25, 0.3) is 32.2 Å². The number of likely N-dealkylation sites (tertiary alicyclic amines) is 1. The molecule has 1 aliphatic heterocycles. The monoisotopic (exact) mass is 867 g/mol. The lowest BCUT2D eigenvalue weighted by Gasteiger charge is -2.46. The van der Waals surface area contributed by atoms with Crippen LogP contribution in [-0.2, 0) is 22.3 Å². The number of nitriles is 1. The van der Waals surface area contributed by atoms with Gasteiger partial charge in [0.2, 0.25) is 10.0 Å². The minimum absolute atomic E-state index is 0.00245. The number of nitrogens with one attached hydrogen (secondary N) is 1. The van der Waals surface area contributed by atoms with Crippen LogP contribution in [0.4, 0.5) is 14.6 Å². The molecule has 0 spiro atoms. The molecular weight excluding hydrogens is 832 g/mol. The number of carbonyl (C=O) groups is 1. The van der Waals surface area contributed by atoms with Gasteiger partial charge in [-0.05, 0) is 56.2 Å². The Morgan fingerprint density at radius 1 is 1.10 bits per heavy atom. The summed E-state index contributed by atoms with van der Waals surface area (Å²) in [5, 5.41) is 12.5. The van der Waals surface area contributed by atoms with Gasteiger partial charge in [-0.3, -0.25) is 29.0 Å². The molecule has 6 aromatic rings. The first-order chi connectivity index (χ1) is 28.7. The molecule has 2 fully saturated rings. The van der Waals surface area contributed by atoms with Crippen LogP contribution in [0, 0.1) is 30.1 Å². The zero-order valence-electron chi connectivity index (χ0n) is 32.3. The summed E-state index contributed by atoms with van der Waals surface area (Å²) in [6.07, 6.45) is 5.66. The second kappa shape index (κ2) is 16.3. The number of anilines is 1. The highest BCUT2D eigenvalue weighted by Gasteiger charge is 2.48. The van der Waals surface area contributed by atoms with Gasteiger partial charge in [0, 0.05) is 84.5 Å².